The zero-order chi connectivity index (χ0) is 6.15. The summed E-state index contributed by atoms with van der Waals surface area (Å²) in [5.74, 6) is 0.250. The summed E-state index contributed by atoms with van der Waals surface area (Å²) >= 11 is 0. The summed E-state index contributed by atoms with van der Waals surface area (Å²) in [7, 11) is 1.83. The van der Waals surface area contributed by atoms with Crippen LogP contribution < -0.4 is 0 Å². The van der Waals surface area contributed by atoms with Gasteiger partial charge in [0, 0.05) is 12.5 Å². The van der Waals surface area contributed by atoms with Crippen LogP contribution in [-0.2, 0) is 0 Å². The van der Waals surface area contributed by atoms with E-state index in [-0.39, 0.29) is 5.92 Å². The first kappa shape index (κ1) is 6.02. The topological polar surface area (TPSA) is 3.24 Å². The van der Waals surface area contributed by atoms with Crippen molar-refractivity contribution in [1.29, 1.82) is 0 Å². The van der Waals surface area contributed by atoms with Crippen LogP contribution in [-0.4, -0.2) is 24.8 Å². The van der Waals surface area contributed by atoms with Crippen molar-refractivity contribution in [3.8, 4) is 0 Å². The van der Waals surface area contributed by atoms with Crippen LogP contribution in [0.15, 0.2) is 0 Å². The van der Waals surface area contributed by atoms with Gasteiger partial charge in [-0.05, 0) is 13.5 Å². The third-order valence-electron chi connectivity index (χ3n) is 1.83. The second-order valence-corrected chi connectivity index (χ2v) is 2.62. The van der Waals surface area contributed by atoms with Crippen LogP contribution in [0.3, 0.4) is 0 Å². The Balaban J connectivity index is 2.44. The molecular weight excluding hydrogens is 105 g/mol. The summed E-state index contributed by atoms with van der Waals surface area (Å²) in [4.78, 5) is 1.75. The third kappa shape index (κ3) is 0.848. The molecule has 1 rings (SSSR count). The fourth-order valence-corrected chi connectivity index (χ4v) is 1.10. The second kappa shape index (κ2) is 2.02. The minimum atomic E-state index is -0.685. The summed E-state index contributed by atoms with van der Waals surface area (Å²) in [5, 5.41) is 0. The van der Waals surface area contributed by atoms with Gasteiger partial charge in [-0.1, -0.05) is 6.92 Å². The van der Waals surface area contributed by atoms with Crippen molar-refractivity contribution in [3.05, 3.63) is 0 Å². The van der Waals surface area contributed by atoms with Gasteiger partial charge in [0.1, 0.15) is 0 Å². The molecule has 2 heteroatoms. The molecule has 2 atom stereocenters. The minimum absolute atomic E-state index is 0.250. The Labute approximate surface area is 49.5 Å². The Morgan fingerprint density at radius 1 is 1.62 bits per heavy atom. The number of likely N-dealkylation sites (tertiary alicyclic amines) is 1. The van der Waals surface area contributed by atoms with E-state index < -0.39 is 6.30 Å². The molecular formula is C6H12FN. The first-order valence-corrected chi connectivity index (χ1v) is 3.06. The number of nitrogens with zero attached hydrogens (tertiary/aromatic N) is 1. The highest BCUT2D eigenvalue weighted by molar-refractivity contribution is 4.73. The van der Waals surface area contributed by atoms with Crippen LogP contribution in [0.4, 0.5) is 4.39 Å². The molecule has 48 valence electrons. The molecule has 0 aromatic heterocycles. The van der Waals surface area contributed by atoms with E-state index >= 15 is 0 Å². The molecule has 1 aliphatic heterocycles. The fourth-order valence-electron chi connectivity index (χ4n) is 1.10. The lowest BCUT2D eigenvalue weighted by Crippen LogP contribution is -2.23. The van der Waals surface area contributed by atoms with Gasteiger partial charge in [-0.15, -0.1) is 0 Å². The van der Waals surface area contributed by atoms with E-state index in [0.29, 0.717) is 0 Å². The zero-order valence-electron chi connectivity index (χ0n) is 5.39. The van der Waals surface area contributed by atoms with Gasteiger partial charge >= 0.3 is 0 Å². The van der Waals surface area contributed by atoms with E-state index in [9.17, 15) is 4.39 Å². The Kier molecular flexibility index (Phi) is 1.52. The SMILES string of the molecule is CC1CCN(C)C1F. The molecule has 0 aromatic rings. The predicted octanol–water partition coefficient (Wildman–Crippen LogP) is 1.25. The molecule has 1 fully saturated rings. The molecule has 0 bridgehead atoms. The normalized spacial score (nSPS) is 40.9. The summed E-state index contributed by atoms with van der Waals surface area (Å²) in [6, 6.07) is 0. The van der Waals surface area contributed by atoms with Crippen LogP contribution in [0, 0.1) is 5.92 Å². The first-order chi connectivity index (χ1) is 3.72. The Morgan fingerprint density at radius 2 is 2.25 bits per heavy atom. The lowest BCUT2D eigenvalue weighted by atomic mass is 10.1. The number of rotatable bonds is 0. The van der Waals surface area contributed by atoms with E-state index in [1.165, 1.54) is 0 Å². The quantitative estimate of drug-likeness (QED) is 0.432. The van der Waals surface area contributed by atoms with Crippen LogP contribution in [0.25, 0.3) is 0 Å². The highest BCUT2D eigenvalue weighted by atomic mass is 19.1. The monoisotopic (exact) mass is 117 g/mol. The molecule has 0 radical (unpaired) electrons. The molecule has 0 N–H and O–H groups in total. The van der Waals surface area contributed by atoms with E-state index in [0.717, 1.165) is 13.0 Å². The molecule has 0 aromatic carbocycles. The van der Waals surface area contributed by atoms with E-state index in [4.69, 9.17) is 0 Å². The Hall–Kier alpha value is -0.110. The van der Waals surface area contributed by atoms with Gasteiger partial charge in [0.15, 0.2) is 6.30 Å². The fraction of sp³-hybridized carbons (Fsp3) is 1.00. The van der Waals surface area contributed by atoms with Crippen molar-refractivity contribution < 1.29 is 4.39 Å². The van der Waals surface area contributed by atoms with Gasteiger partial charge in [-0.3, -0.25) is 4.90 Å². The average Bonchev–Trinajstić information content (AvgIpc) is 1.98. The molecule has 0 amide bonds. The lowest BCUT2D eigenvalue weighted by molar-refractivity contribution is 0.125. The van der Waals surface area contributed by atoms with E-state index in [1.54, 1.807) is 4.90 Å². The molecule has 1 saturated heterocycles. The van der Waals surface area contributed by atoms with Crippen molar-refractivity contribution in [2.24, 2.45) is 5.92 Å². The first-order valence-electron chi connectivity index (χ1n) is 3.06. The van der Waals surface area contributed by atoms with Gasteiger partial charge in [0.05, 0.1) is 0 Å². The highest BCUT2D eigenvalue weighted by Crippen LogP contribution is 2.22. The predicted molar refractivity (Wildman–Crippen MR) is 31.3 cm³/mol. The lowest BCUT2D eigenvalue weighted by Gasteiger charge is -2.12. The van der Waals surface area contributed by atoms with Crippen molar-refractivity contribution in [2.45, 2.75) is 19.6 Å². The van der Waals surface area contributed by atoms with Gasteiger partial charge in [-0.2, -0.15) is 0 Å². The summed E-state index contributed by atoms with van der Waals surface area (Å²) < 4.78 is 12.6. The standard InChI is InChI=1S/C6H12FN/c1-5-3-4-8(2)6(5)7/h5-6H,3-4H2,1-2H3. The molecule has 1 heterocycles. The largest absolute Gasteiger partial charge is 0.277 e. The molecule has 1 nitrogen and oxygen atoms in total. The van der Waals surface area contributed by atoms with Crippen molar-refractivity contribution in [1.82, 2.24) is 4.90 Å². The highest BCUT2D eigenvalue weighted by Gasteiger charge is 2.27. The summed E-state index contributed by atoms with van der Waals surface area (Å²) in [5.41, 5.74) is 0. The Morgan fingerprint density at radius 3 is 2.38 bits per heavy atom. The summed E-state index contributed by atoms with van der Waals surface area (Å²) in [6.45, 7) is 2.87. The van der Waals surface area contributed by atoms with Crippen LogP contribution in [0.1, 0.15) is 13.3 Å². The molecule has 0 saturated carbocycles. The minimum Gasteiger partial charge on any atom is -0.277 e. The van der Waals surface area contributed by atoms with Crippen molar-refractivity contribution >= 4 is 0 Å². The van der Waals surface area contributed by atoms with Gasteiger partial charge in [0.2, 0.25) is 0 Å². The van der Waals surface area contributed by atoms with E-state index in [1.807, 2.05) is 14.0 Å². The molecule has 0 spiro atoms. The molecule has 2 unspecified atom stereocenters. The summed E-state index contributed by atoms with van der Waals surface area (Å²) in [6.07, 6.45) is 0.326. The number of halogens is 1. The maximum atomic E-state index is 12.6. The van der Waals surface area contributed by atoms with Gasteiger partial charge in [-0.25, -0.2) is 4.39 Å². The number of hydrogen-bond donors (Lipinski definition) is 0. The maximum Gasteiger partial charge on any atom is 0.156 e. The molecule has 1 aliphatic rings. The van der Waals surface area contributed by atoms with Crippen LogP contribution in [0.2, 0.25) is 0 Å². The van der Waals surface area contributed by atoms with Gasteiger partial charge < -0.3 is 0 Å². The smallest absolute Gasteiger partial charge is 0.156 e. The van der Waals surface area contributed by atoms with Crippen molar-refractivity contribution in [2.75, 3.05) is 13.6 Å². The Bertz CT molecular complexity index is 74.6. The van der Waals surface area contributed by atoms with Gasteiger partial charge in [0.25, 0.3) is 0 Å². The van der Waals surface area contributed by atoms with Crippen molar-refractivity contribution in [3.63, 3.8) is 0 Å². The maximum absolute atomic E-state index is 12.6. The molecule has 8 heavy (non-hydrogen) atoms. The zero-order valence-corrected chi connectivity index (χ0v) is 5.39. The number of alkyl halides is 1. The van der Waals surface area contributed by atoms with E-state index in [2.05, 4.69) is 0 Å². The molecule has 0 aliphatic carbocycles. The van der Waals surface area contributed by atoms with Crippen LogP contribution in [0.5, 0.6) is 0 Å². The second-order valence-electron chi connectivity index (χ2n) is 2.62. The average molecular weight is 117 g/mol. The number of hydrogen-bond acceptors (Lipinski definition) is 1. The third-order valence-corrected chi connectivity index (χ3v) is 1.83. The van der Waals surface area contributed by atoms with Crippen LogP contribution >= 0.6 is 0 Å².